The Morgan fingerprint density at radius 2 is 0.827 bits per heavy atom. The highest BCUT2D eigenvalue weighted by molar-refractivity contribution is 7.81. The van der Waals surface area contributed by atoms with Gasteiger partial charge in [-0.2, -0.15) is 8.42 Å². The molecule has 0 aliphatic carbocycles. The molecule has 0 heterocycles. The number of hydrogen-bond donors (Lipinski definition) is 5. The van der Waals surface area contributed by atoms with Crippen molar-refractivity contribution >= 4 is 22.2 Å². The Labute approximate surface area is 318 Å². The predicted octanol–water partition coefficient (Wildman–Crippen LogP) is 9.37. The Bertz CT molecular complexity index is 922. The topological polar surface area (TPSA) is 186 Å². The van der Waals surface area contributed by atoms with Gasteiger partial charge in [-0.15, -0.1) is 0 Å². The molecule has 0 saturated heterocycles. The van der Waals surface area contributed by atoms with Crippen LogP contribution in [0.1, 0.15) is 194 Å². The van der Waals surface area contributed by atoms with Crippen molar-refractivity contribution < 1.29 is 36.6 Å². The number of hydrogen-bond acceptors (Lipinski definition) is 9. The van der Waals surface area contributed by atoms with E-state index in [0.717, 1.165) is 77.0 Å². The van der Waals surface area contributed by atoms with Crippen LogP contribution in [0.4, 0.5) is 0 Å². The summed E-state index contributed by atoms with van der Waals surface area (Å²) in [6, 6.07) is 0. The van der Waals surface area contributed by atoms with E-state index in [1.54, 1.807) is 0 Å². The maximum Gasteiger partial charge on any atom is 0.400 e. The van der Waals surface area contributed by atoms with Gasteiger partial charge in [-0.25, -0.2) is 8.37 Å². The van der Waals surface area contributed by atoms with E-state index in [1.165, 1.54) is 77.0 Å². The van der Waals surface area contributed by atoms with Crippen LogP contribution >= 0.6 is 0 Å². The van der Waals surface area contributed by atoms with Crippen molar-refractivity contribution in [2.75, 3.05) is 13.2 Å². The summed E-state index contributed by atoms with van der Waals surface area (Å²) in [6.07, 6.45) is 36.6. The van der Waals surface area contributed by atoms with Crippen molar-refractivity contribution in [1.82, 2.24) is 16.8 Å². The third kappa shape index (κ3) is 39.4. The zero-order valence-corrected chi connectivity index (χ0v) is 34.0. The van der Waals surface area contributed by atoms with Crippen molar-refractivity contribution in [3.8, 4) is 0 Å². The lowest BCUT2D eigenvalue weighted by Gasteiger charge is -2.20. The molecule has 0 spiro atoms. The number of aliphatic hydroxyl groups is 2. The Kier molecular flexibility index (Phi) is 39.1. The minimum absolute atomic E-state index is 0. The van der Waals surface area contributed by atoms with E-state index in [0.29, 0.717) is 12.8 Å². The largest absolute Gasteiger partial charge is 0.400 e. The highest BCUT2D eigenvalue weighted by atomic mass is 32.3. The average molecular weight is 762 g/mol. The summed E-state index contributed by atoms with van der Waals surface area (Å²) in [5, 5.41) is 23.1. The van der Waals surface area contributed by atoms with Gasteiger partial charge in [-0.05, 0) is 64.2 Å². The number of carbonyl (C=O) groups excluding carboxylic acids is 2. The Morgan fingerprint density at radius 1 is 0.519 bits per heavy atom. The lowest BCUT2D eigenvalue weighted by atomic mass is 10.1. The highest BCUT2D eigenvalue weighted by Crippen LogP contribution is 2.12. The zero-order valence-electron chi connectivity index (χ0n) is 33.1. The number of rotatable bonds is 38. The molecular weight excluding hydrogens is 683 g/mol. The molecule has 0 aliphatic heterocycles. The number of carbonyl (C=O) groups is 2. The second-order valence-corrected chi connectivity index (χ2v) is 15.1. The summed E-state index contributed by atoms with van der Waals surface area (Å²) in [5.74, 6) is -0.627. The van der Waals surface area contributed by atoms with E-state index in [1.807, 2.05) is 0 Å². The molecule has 0 saturated carbocycles. The lowest BCUT2D eigenvalue weighted by molar-refractivity contribution is -0.125. The molecule has 11 nitrogen and oxygen atoms in total. The van der Waals surface area contributed by atoms with Gasteiger partial charge >= 0.3 is 10.4 Å². The molecule has 0 unspecified atom stereocenters. The van der Waals surface area contributed by atoms with Gasteiger partial charge in [0.1, 0.15) is 19.4 Å². The molecule has 52 heavy (non-hydrogen) atoms. The molecule has 0 aromatic heterocycles. The molecule has 0 aliphatic rings. The first-order valence-electron chi connectivity index (χ1n) is 20.5. The maximum atomic E-state index is 12.6. The predicted molar refractivity (Wildman–Crippen MR) is 213 cm³/mol. The molecule has 7 N–H and O–H groups in total. The first kappa shape index (κ1) is 52.3. The van der Waals surface area contributed by atoms with E-state index in [-0.39, 0.29) is 30.8 Å². The van der Waals surface area contributed by atoms with E-state index < -0.39 is 36.1 Å². The minimum Gasteiger partial charge on any atom is -0.366 e. The minimum atomic E-state index is -4.56. The van der Waals surface area contributed by atoms with Crippen LogP contribution in [0.2, 0.25) is 0 Å². The van der Waals surface area contributed by atoms with Gasteiger partial charge in [-0.1, -0.05) is 141 Å². The quantitative estimate of drug-likeness (QED) is 0.0232. The van der Waals surface area contributed by atoms with Gasteiger partial charge < -0.3 is 27.0 Å². The van der Waals surface area contributed by atoms with Crippen molar-refractivity contribution in [3.63, 3.8) is 0 Å². The molecule has 308 valence electrons. The fourth-order valence-electron chi connectivity index (χ4n) is 5.69. The highest BCUT2D eigenvalue weighted by Gasteiger charge is 2.21. The molecule has 0 rings (SSSR count). The first-order chi connectivity index (χ1) is 24.7. The molecule has 0 fully saturated rings. The first-order valence-corrected chi connectivity index (χ1v) is 21.8. The van der Waals surface area contributed by atoms with Crippen molar-refractivity contribution in [2.24, 2.45) is 0 Å². The van der Waals surface area contributed by atoms with E-state index in [4.69, 9.17) is 14.4 Å². The Morgan fingerprint density at radius 3 is 1.17 bits per heavy atom. The molecule has 0 radical (unpaired) electrons. The number of allylic oxidation sites excluding steroid dienone is 4. The van der Waals surface area contributed by atoms with Crippen molar-refractivity contribution in [2.45, 2.75) is 206 Å². The van der Waals surface area contributed by atoms with Crippen LogP contribution in [0, 0.1) is 0 Å². The standard InChI is InChI=1S/C40H76N2O8S.H3N/c1-3-5-7-9-11-13-15-17-19-21-23-25-27-29-31-33-38(43)41-37(35-49-51(47,48)50-36-40(45)46)42-39(44)34-32-30-28-26-24-22-20-18-16-14-12-10-8-6-4-2;/h17-20,37,40,45-46H,3-16,21-36H2,1-2H3,(H,41,43)(H,42,44);1H3/b19-17-,20-18-;. The maximum absolute atomic E-state index is 12.6. The summed E-state index contributed by atoms with van der Waals surface area (Å²) in [7, 11) is -4.56. The zero-order chi connectivity index (χ0) is 37.7. The van der Waals surface area contributed by atoms with Crippen LogP contribution < -0.4 is 16.8 Å². The second kappa shape index (κ2) is 38.9. The molecule has 0 aromatic carbocycles. The number of aliphatic hydroxyl groups excluding tert-OH is 1. The van der Waals surface area contributed by atoms with Gasteiger partial charge in [-0.3, -0.25) is 9.59 Å². The van der Waals surface area contributed by atoms with E-state index in [2.05, 4.69) is 53.0 Å². The normalized spacial score (nSPS) is 12.0. The van der Waals surface area contributed by atoms with Crippen LogP contribution in [-0.2, 0) is 28.4 Å². The third-order valence-electron chi connectivity index (χ3n) is 8.74. The molecular formula is C40H79N3O8S. The van der Waals surface area contributed by atoms with Crippen LogP contribution in [0.25, 0.3) is 0 Å². The van der Waals surface area contributed by atoms with Crippen molar-refractivity contribution in [1.29, 1.82) is 0 Å². The summed E-state index contributed by atoms with van der Waals surface area (Å²) in [5.41, 5.74) is 0. The smallest absolute Gasteiger partial charge is 0.366 e. The van der Waals surface area contributed by atoms with Crippen molar-refractivity contribution in [3.05, 3.63) is 24.3 Å². The van der Waals surface area contributed by atoms with E-state index in [9.17, 15) is 18.0 Å². The lowest BCUT2D eigenvalue weighted by Crippen LogP contribution is -2.51. The molecule has 12 heteroatoms. The summed E-state index contributed by atoms with van der Waals surface area (Å²) >= 11 is 0. The van der Waals surface area contributed by atoms with Gasteiger partial charge in [0.05, 0.1) is 0 Å². The van der Waals surface area contributed by atoms with Crippen LogP contribution in [0.5, 0.6) is 0 Å². The van der Waals surface area contributed by atoms with Crippen LogP contribution in [0.3, 0.4) is 0 Å². The fourth-order valence-corrected chi connectivity index (χ4v) is 6.35. The van der Waals surface area contributed by atoms with E-state index >= 15 is 0 Å². The SMILES string of the molecule is CCCCCCCC/C=C\CCCCCCCC(=O)NC(COS(=O)(=O)OCC(O)O)NC(=O)CCCCCCC/C=C\CCCCCCCC.N. The van der Waals surface area contributed by atoms with Crippen LogP contribution in [-0.4, -0.2) is 56.1 Å². The fraction of sp³-hybridized carbons (Fsp3) is 0.850. The summed E-state index contributed by atoms with van der Waals surface area (Å²) < 4.78 is 33.1. The number of amides is 2. The molecule has 2 amide bonds. The van der Waals surface area contributed by atoms with Gasteiger partial charge in [0.2, 0.25) is 11.8 Å². The van der Waals surface area contributed by atoms with Gasteiger partial charge in [0, 0.05) is 12.8 Å². The number of unbranched alkanes of at least 4 members (excludes halogenated alkanes) is 22. The molecule has 0 bridgehead atoms. The van der Waals surface area contributed by atoms with Crippen LogP contribution in [0.15, 0.2) is 24.3 Å². The second-order valence-electron chi connectivity index (χ2n) is 13.8. The molecule has 0 aromatic rings. The van der Waals surface area contributed by atoms with Gasteiger partial charge in [0.25, 0.3) is 0 Å². The average Bonchev–Trinajstić information content (AvgIpc) is 3.09. The molecule has 0 atom stereocenters. The Hall–Kier alpha value is -1.83. The Balaban J connectivity index is 0. The third-order valence-corrected chi connectivity index (χ3v) is 9.59. The summed E-state index contributed by atoms with van der Waals surface area (Å²) in [6.45, 7) is 3.00. The summed E-state index contributed by atoms with van der Waals surface area (Å²) in [4.78, 5) is 25.3. The monoisotopic (exact) mass is 762 g/mol. The number of nitrogens with one attached hydrogen (secondary N) is 2. The van der Waals surface area contributed by atoms with Gasteiger partial charge in [0.15, 0.2) is 6.29 Å².